The summed E-state index contributed by atoms with van der Waals surface area (Å²) < 4.78 is 5.57. The SMILES string of the molecule is CC[NH+](CC)CCNC(=O)COc1ccc2ccccc2c1. The first-order valence-electron chi connectivity index (χ1n) is 7.94. The fraction of sp³-hybridized carbons (Fsp3) is 0.389. The van der Waals surface area contributed by atoms with Crippen molar-refractivity contribution in [1.29, 1.82) is 0 Å². The number of rotatable bonds is 8. The zero-order chi connectivity index (χ0) is 15.8. The average Bonchev–Trinajstić information content (AvgIpc) is 2.56. The van der Waals surface area contributed by atoms with Crippen LogP contribution in [-0.2, 0) is 4.79 Å². The van der Waals surface area contributed by atoms with Crippen molar-refractivity contribution < 1.29 is 14.4 Å². The van der Waals surface area contributed by atoms with Gasteiger partial charge in [-0.2, -0.15) is 0 Å². The van der Waals surface area contributed by atoms with Crippen LogP contribution in [0.4, 0.5) is 0 Å². The van der Waals surface area contributed by atoms with Gasteiger partial charge in [0.15, 0.2) is 6.61 Å². The highest BCUT2D eigenvalue weighted by molar-refractivity contribution is 5.84. The third-order valence-corrected chi connectivity index (χ3v) is 3.89. The van der Waals surface area contributed by atoms with Gasteiger partial charge in [0.25, 0.3) is 5.91 Å². The standard InChI is InChI=1S/C18H24N2O2/c1-3-20(4-2)12-11-19-18(21)14-22-17-10-9-15-7-5-6-8-16(15)13-17/h5-10,13H,3-4,11-12,14H2,1-2H3,(H,19,21)/p+1. The van der Waals surface area contributed by atoms with Crippen LogP contribution >= 0.6 is 0 Å². The summed E-state index contributed by atoms with van der Waals surface area (Å²) in [6.45, 7) is 8.18. The minimum absolute atomic E-state index is 0.0614. The van der Waals surface area contributed by atoms with Crippen LogP contribution in [-0.4, -0.2) is 38.7 Å². The molecule has 0 heterocycles. The van der Waals surface area contributed by atoms with E-state index in [0.717, 1.165) is 30.8 Å². The Labute approximate surface area is 132 Å². The molecule has 0 unspecified atom stereocenters. The molecule has 2 N–H and O–H groups in total. The molecule has 0 bridgehead atoms. The predicted molar refractivity (Wildman–Crippen MR) is 89.4 cm³/mol. The van der Waals surface area contributed by atoms with Crippen molar-refractivity contribution in [3.8, 4) is 5.75 Å². The Balaban J connectivity index is 1.77. The highest BCUT2D eigenvalue weighted by atomic mass is 16.5. The fourth-order valence-electron chi connectivity index (χ4n) is 2.44. The molecule has 0 aliphatic rings. The van der Waals surface area contributed by atoms with E-state index in [2.05, 4.69) is 25.2 Å². The smallest absolute Gasteiger partial charge is 0.258 e. The summed E-state index contributed by atoms with van der Waals surface area (Å²) in [6, 6.07) is 14.0. The van der Waals surface area contributed by atoms with Gasteiger partial charge in [-0.1, -0.05) is 30.3 Å². The van der Waals surface area contributed by atoms with Gasteiger partial charge in [-0.3, -0.25) is 4.79 Å². The normalized spacial score (nSPS) is 10.9. The summed E-state index contributed by atoms with van der Waals surface area (Å²) in [6.07, 6.45) is 0. The molecule has 4 heteroatoms. The number of hydrogen-bond donors (Lipinski definition) is 2. The van der Waals surface area contributed by atoms with Gasteiger partial charge in [0.2, 0.25) is 0 Å². The molecule has 0 saturated carbocycles. The fourth-order valence-corrected chi connectivity index (χ4v) is 2.44. The van der Waals surface area contributed by atoms with Crippen LogP contribution in [0.5, 0.6) is 5.75 Å². The number of hydrogen-bond acceptors (Lipinski definition) is 2. The highest BCUT2D eigenvalue weighted by Crippen LogP contribution is 2.20. The highest BCUT2D eigenvalue weighted by Gasteiger charge is 2.06. The number of carbonyl (C=O) groups excluding carboxylic acids is 1. The number of likely N-dealkylation sites (N-methyl/N-ethyl adjacent to an activating group) is 1. The van der Waals surface area contributed by atoms with E-state index in [1.165, 1.54) is 10.3 Å². The maximum absolute atomic E-state index is 11.8. The first kappa shape index (κ1) is 16.3. The minimum Gasteiger partial charge on any atom is -0.484 e. The van der Waals surface area contributed by atoms with Crippen molar-refractivity contribution in [2.45, 2.75) is 13.8 Å². The molecular formula is C18H25N2O2+. The molecule has 0 saturated heterocycles. The second-order valence-corrected chi connectivity index (χ2v) is 5.35. The number of ether oxygens (including phenoxy) is 1. The van der Waals surface area contributed by atoms with Gasteiger partial charge < -0.3 is 15.0 Å². The lowest BCUT2D eigenvalue weighted by atomic mass is 10.1. The molecule has 0 spiro atoms. The Morgan fingerprint density at radius 1 is 1.09 bits per heavy atom. The van der Waals surface area contributed by atoms with E-state index < -0.39 is 0 Å². The molecule has 118 valence electrons. The first-order chi connectivity index (χ1) is 10.7. The molecule has 0 radical (unpaired) electrons. The number of amides is 1. The molecule has 0 atom stereocenters. The number of fused-ring (bicyclic) bond motifs is 1. The quantitative estimate of drug-likeness (QED) is 0.771. The van der Waals surface area contributed by atoms with Gasteiger partial charge in [0.1, 0.15) is 5.75 Å². The third-order valence-electron chi connectivity index (χ3n) is 3.89. The van der Waals surface area contributed by atoms with Crippen LogP contribution in [0, 0.1) is 0 Å². The lowest BCUT2D eigenvalue weighted by Gasteiger charge is -2.15. The third kappa shape index (κ3) is 4.74. The van der Waals surface area contributed by atoms with Crippen molar-refractivity contribution in [2.24, 2.45) is 0 Å². The molecule has 0 aliphatic carbocycles. The topological polar surface area (TPSA) is 42.8 Å². The lowest BCUT2D eigenvalue weighted by Crippen LogP contribution is -3.12. The molecular weight excluding hydrogens is 276 g/mol. The largest absolute Gasteiger partial charge is 0.484 e. The van der Waals surface area contributed by atoms with E-state index in [9.17, 15) is 4.79 Å². The summed E-state index contributed by atoms with van der Waals surface area (Å²) in [5.41, 5.74) is 0. The van der Waals surface area contributed by atoms with Crippen LogP contribution in [0.1, 0.15) is 13.8 Å². The van der Waals surface area contributed by atoms with Crippen LogP contribution in [0.25, 0.3) is 10.8 Å². The summed E-state index contributed by atoms with van der Waals surface area (Å²) in [4.78, 5) is 13.3. The number of carbonyl (C=O) groups is 1. The number of quaternary nitrogens is 1. The first-order valence-corrected chi connectivity index (χ1v) is 7.94. The second-order valence-electron chi connectivity index (χ2n) is 5.35. The zero-order valence-electron chi connectivity index (χ0n) is 13.4. The maximum atomic E-state index is 11.8. The van der Waals surface area contributed by atoms with E-state index in [-0.39, 0.29) is 12.5 Å². The second kappa shape index (κ2) is 8.39. The lowest BCUT2D eigenvalue weighted by molar-refractivity contribution is -0.895. The molecule has 2 aromatic carbocycles. The number of benzene rings is 2. The van der Waals surface area contributed by atoms with E-state index in [1.54, 1.807) is 0 Å². The van der Waals surface area contributed by atoms with E-state index in [0.29, 0.717) is 6.54 Å². The monoisotopic (exact) mass is 301 g/mol. The molecule has 0 aromatic heterocycles. The Morgan fingerprint density at radius 2 is 1.82 bits per heavy atom. The van der Waals surface area contributed by atoms with E-state index in [1.807, 2.05) is 36.4 Å². The minimum atomic E-state index is -0.0697. The number of nitrogens with one attached hydrogen (secondary N) is 2. The van der Waals surface area contributed by atoms with Gasteiger partial charge in [-0.05, 0) is 36.8 Å². The Morgan fingerprint density at radius 3 is 2.55 bits per heavy atom. The summed E-state index contributed by atoms with van der Waals surface area (Å²) in [5.74, 6) is 0.655. The molecule has 0 fully saturated rings. The van der Waals surface area contributed by atoms with Crippen molar-refractivity contribution in [1.82, 2.24) is 5.32 Å². The van der Waals surface area contributed by atoms with Crippen molar-refractivity contribution >= 4 is 16.7 Å². The predicted octanol–water partition coefficient (Wildman–Crippen LogP) is 1.26. The van der Waals surface area contributed by atoms with Crippen molar-refractivity contribution in [3.63, 3.8) is 0 Å². The van der Waals surface area contributed by atoms with Gasteiger partial charge in [0.05, 0.1) is 26.2 Å². The van der Waals surface area contributed by atoms with Gasteiger partial charge >= 0.3 is 0 Å². The van der Waals surface area contributed by atoms with Crippen molar-refractivity contribution in [2.75, 3.05) is 32.8 Å². The Hall–Kier alpha value is -2.07. The van der Waals surface area contributed by atoms with Gasteiger partial charge in [-0.25, -0.2) is 0 Å². The summed E-state index contributed by atoms with van der Waals surface area (Å²) in [5, 5.41) is 5.19. The molecule has 22 heavy (non-hydrogen) atoms. The molecule has 2 aromatic rings. The van der Waals surface area contributed by atoms with Crippen LogP contribution < -0.4 is 15.0 Å². The Bertz CT molecular complexity index is 609. The van der Waals surface area contributed by atoms with E-state index >= 15 is 0 Å². The van der Waals surface area contributed by atoms with Gasteiger partial charge in [0, 0.05) is 0 Å². The Kier molecular flexibility index (Phi) is 6.22. The summed E-state index contributed by atoms with van der Waals surface area (Å²) >= 11 is 0. The molecule has 0 aliphatic heterocycles. The molecule has 4 nitrogen and oxygen atoms in total. The van der Waals surface area contributed by atoms with Crippen LogP contribution in [0.15, 0.2) is 42.5 Å². The molecule has 2 rings (SSSR count). The summed E-state index contributed by atoms with van der Waals surface area (Å²) in [7, 11) is 0. The zero-order valence-corrected chi connectivity index (χ0v) is 13.4. The molecule has 1 amide bonds. The maximum Gasteiger partial charge on any atom is 0.258 e. The van der Waals surface area contributed by atoms with Gasteiger partial charge in [-0.15, -0.1) is 0 Å². The van der Waals surface area contributed by atoms with Crippen LogP contribution in [0.3, 0.4) is 0 Å². The average molecular weight is 301 g/mol. The van der Waals surface area contributed by atoms with E-state index in [4.69, 9.17) is 4.74 Å². The van der Waals surface area contributed by atoms with Crippen molar-refractivity contribution in [3.05, 3.63) is 42.5 Å². The van der Waals surface area contributed by atoms with Crippen LogP contribution in [0.2, 0.25) is 0 Å².